The minimum Gasteiger partial charge on any atom is -0.508 e. The van der Waals surface area contributed by atoms with Gasteiger partial charge in [0, 0.05) is 5.41 Å². The summed E-state index contributed by atoms with van der Waals surface area (Å²) in [7, 11) is 0. The lowest BCUT2D eigenvalue weighted by molar-refractivity contribution is 0.271. The smallest absolute Gasteiger partial charge is 0.115 e. The highest BCUT2D eigenvalue weighted by atomic mass is 16.3. The van der Waals surface area contributed by atoms with E-state index in [0.29, 0.717) is 5.92 Å². The Kier molecular flexibility index (Phi) is 4.89. The molecule has 4 rings (SSSR count). The number of hydrogen-bond donors (Lipinski definition) is 2. The second kappa shape index (κ2) is 7.48. The number of benzene rings is 3. The van der Waals surface area contributed by atoms with Crippen LogP contribution in [0.1, 0.15) is 48.8 Å². The van der Waals surface area contributed by atoms with Crippen molar-refractivity contribution in [1.29, 1.82) is 0 Å². The molecule has 0 unspecified atom stereocenters. The zero-order valence-corrected chi connectivity index (χ0v) is 15.5. The van der Waals surface area contributed by atoms with Crippen molar-refractivity contribution in [1.82, 2.24) is 0 Å². The van der Waals surface area contributed by atoms with Gasteiger partial charge in [-0.2, -0.15) is 0 Å². The third-order valence-electron chi connectivity index (χ3n) is 6.09. The van der Waals surface area contributed by atoms with Crippen LogP contribution < -0.4 is 0 Å². The zero-order valence-electron chi connectivity index (χ0n) is 15.5. The molecule has 2 heteroatoms. The first-order valence-electron chi connectivity index (χ1n) is 9.86. The van der Waals surface area contributed by atoms with Gasteiger partial charge in [0.25, 0.3) is 0 Å². The van der Waals surface area contributed by atoms with Crippen molar-refractivity contribution in [3.63, 3.8) is 0 Å². The quantitative estimate of drug-likeness (QED) is 0.561. The second-order valence-corrected chi connectivity index (χ2v) is 7.60. The maximum Gasteiger partial charge on any atom is 0.115 e. The first-order valence-corrected chi connectivity index (χ1v) is 9.86. The molecule has 1 saturated carbocycles. The van der Waals surface area contributed by atoms with Gasteiger partial charge in [0.05, 0.1) is 0 Å². The molecule has 0 aliphatic heterocycles. The topological polar surface area (TPSA) is 40.5 Å². The SMILES string of the molecule is Oc1ccc(C(c2ccccc2)(c2ccc(O)cc2)C2CCCCC2)cc1. The highest BCUT2D eigenvalue weighted by Crippen LogP contribution is 2.50. The normalized spacial score (nSPS) is 15.6. The van der Waals surface area contributed by atoms with Crippen LogP contribution in [-0.2, 0) is 5.41 Å². The van der Waals surface area contributed by atoms with E-state index in [4.69, 9.17) is 0 Å². The summed E-state index contributed by atoms with van der Waals surface area (Å²) in [4.78, 5) is 0. The molecular formula is C25H26O2. The van der Waals surface area contributed by atoms with Crippen LogP contribution in [0.5, 0.6) is 11.5 Å². The fraction of sp³-hybridized carbons (Fsp3) is 0.280. The van der Waals surface area contributed by atoms with Crippen molar-refractivity contribution in [3.8, 4) is 11.5 Å². The van der Waals surface area contributed by atoms with E-state index in [-0.39, 0.29) is 16.9 Å². The molecule has 1 aliphatic carbocycles. The molecule has 0 aromatic heterocycles. The molecule has 138 valence electrons. The first kappa shape index (κ1) is 17.7. The molecule has 0 saturated heterocycles. The molecule has 0 atom stereocenters. The van der Waals surface area contributed by atoms with Crippen LogP contribution in [-0.4, -0.2) is 10.2 Å². The number of phenolic OH excluding ortho intramolecular Hbond substituents is 2. The Morgan fingerprint density at radius 1 is 0.556 bits per heavy atom. The van der Waals surface area contributed by atoms with E-state index in [1.807, 2.05) is 0 Å². The summed E-state index contributed by atoms with van der Waals surface area (Å²) in [6.07, 6.45) is 6.14. The Labute approximate surface area is 161 Å². The monoisotopic (exact) mass is 358 g/mol. The van der Waals surface area contributed by atoms with Crippen LogP contribution in [0.15, 0.2) is 78.9 Å². The van der Waals surface area contributed by atoms with Crippen LogP contribution in [0, 0.1) is 5.92 Å². The molecule has 1 aliphatic rings. The highest BCUT2D eigenvalue weighted by molar-refractivity contribution is 5.53. The lowest BCUT2D eigenvalue weighted by Crippen LogP contribution is -2.39. The number of aromatic hydroxyl groups is 2. The van der Waals surface area contributed by atoms with E-state index in [0.717, 1.165) is 0 Å². The van der Waals surface area contributed by atoms with Crippen molar-refractivity contribution in [3.05, 3.63) is 95.6 Å². The highest BCUT2D eigenvalue weighted by Gasteiger charge is 2.43. The molecule has 0 bridgehead atoms. The molecular weight excluding hydrogens is 332 g/mol. The van der Waals surface area contributed by atoms with Gasteiger partial charge in [0.15, 0.2) is 0 Å². The Morgan fingerprint density at radius 2 is 1.00 bits per heavy atom. The van der Waals surface area contributed by atoms with E-state index in [2.05, 4.69) is 54.6 Å². The minimum absolute atomic E-state index is 0.287. The van der Waals surface area contributed by atoms with E-state index >= 15 is 0 Å². The summed E-state index contributed by atoms with van der Waals surface area (Å²) >= 11 is 0. The van der Waals surface area contributed by atoms with Crippen LogP contribution in [0.25, 0.3) is 0 Å². The van der Waals surface area contributed by atoms with Gasteiger partial charge in [0.2, 0.25) is 0 Å². The van der Waals surface area contributed by atoms with E-state index in [1.165, 1.54) is 48.8 Å². The molecule has 0 heterocycles. The fourth-order valence-corrected chi connectivity index (χ4v) is 4.89. The minimum atomic E-state index is -0.289. The van der Waals surface area contributed by atoms with Crippen LogP contribution in [0.2, 0.25) is 0 Å². The summed E-state index contributed by atoms with van der Waals surface area (Å²) in [6.45, 7) is 0. The van der Waals surface area contributed by atoms with Gasteiger partial charge >= 0.3 is 0 Å². The molecule has 2 N–H and O–H groups in total. The van der Waals surface area contributed by atoms with Crippen molar-refractivity contribution in [2.45, 2.75) is 37.5 Å². The number of rotatable bonds is 4. The molecule has 3 aromatic rings. The predicted molar refractivity (Wildman–Crippen MR) is 109 cm³/mol. The van der Waals surface area contributed by atoms with Gasteiger partial charge < -0.3 is 10.2 Å². The zero-order chi connectivity index (χ0) is 18.7. The molecule has 0 amide bonds. The van der Waals surface area contributed by atoms with E-state index < -0.39 is 0 Å². The van der Waals surface area contributed by atoms with Crippen molar-refractivity contribution in [2.24, 2.45) is 5.92 Å². The molecule has 27 heavy (non-hydrogen) atoms. The van der Waals surface area contributed by atoms with Gasteiger partial charge in [-0.3, -0.25) is 0 Å². The average Bonchev–Trinajstić information content (AvgIpc) is 2.73. The summed E-state index contributed by atoms with van der Waals surface area (Å²) in [5.41, 5.74) is 3.38. The first-order chi connectivity index (χ1) is 13.2. The van der Waals surface area contributed by atoms with Gasteiger partial charge in [-0.15, -0.1) is 0 Å². The summed E-state index contributed by atoms with van der Waals surface area (Å²) in [5, 5.41) is 19.8. The molecule has 3 aromatic carbocycles. The standard InChI is InChI=1S/C25H26O2/c26-23-15-11-21(12-16-23)25(19-7-3-1-4-8-19,20-9-5-2-6-10-20)22-13-17-24(27)18-14-22/h1,3-4,7-8,11-18,20,26-27H,2,5-6,9-10H2. The van der Waals surface area contributed by atoms with Crippen molar-refractivity contribution >= 4 is 0 Å². The summed E-state index contributed by atoms with van der Waals surface area (Å²) in [6, 6.07) is 26.1. The third kappa shape index (κ3) is 3.21. The number of phenols is 2. The summed E-state index contributed by atoms with van der Waals surface area (Å²) < 4.78 is 0. The Hall–Kier alpha value is -2.74. The molecule has 0 radical (unpaired) electrons. The average molecular weight is 358 g/mol. The van der Waals surface area contributed by atoms with Crippen molar-refractivity contribution < 1.29 is 10.2 Å². The lowest BCUT2D eigenvalue weighted by Gasteiger charge is -2.44. The van der Waals surface area contributed by atoms with Gasteiger partial charge in [-0.25, -0.2) is 0 Å². The second-order valence-electron chi connectivity index (χ2n) is 7.60. The molecule has 2 nitrogen and oxygen atoms in total. The Morgan fingerprint density at radius 3 is 1.48 bits per heavy atom. The third-order valence-corrected chi connectivity index (χ3v) is 6.09. The van der Waals surface area contributed by atoms with Gasteiger partial charge in [-0.1, -0.05) is 73.9 Å². The largest absolute Gasteiger partial charge is 0.508 e. The van der Waals surface area contributed by atoms with E-state index in [1.54, 1.807) is 24.3 Å². The van der Waals surface area contributed by atoms with Crippen LogP contribution in [0.3, 0.4) is 0 Å². The maximum absolute atomic E-state index is 9.88. The molecule has 1 fully saturated rings. The fourth-order valence-electron chi connectivity index (χ4n) is 4.89. The summed E-state index contributed by atoms with van der Waals surface area (Å²) in [5.74, 6) is 1.05. The maximum atomic E-state index is 9.88. The van der Waals surface area contributed by atoms with Gasteiger partial charge in [0.1, 0.15) is 11.5 Å². The Bertz CT molecular complexity index is 815. The van der Waals surface area contributed by atoms with E-state index in [9.17, 15) is 10.2 Å². The number of hydrogen-bond acceptors (Lipinski definition) is 2. The molecule has 0 spiro atoms. The predicted octanol–water partition coefficient (Wildman–Crippen LogP) is 6.01. The lowest BCUT2D eigenvalue weighted by atomic mass is 9.58. The van der Waals surface area contributed by atoms with Crippen molar-refractivity contribution in [2.75, 3.05) is 0 Å². The van der Waals surface area contributed by atoms with Crippen LogP contribution >= 0.6 is 0 Å². The Balaban J connectivity index is 2.01. The van der Waals surface area contributed by atoms with Crippen LogP contribution in [0.4, 0.5) is 0 Å². The van der Waals surface area contributed by atoms with Gasteiger partial charge in [-0.05, 0) is 59.7 Å².